The van der Waals surface area contributed by atoms with Gasteiger partial charge in [-0.25, -0.2) is 13.1 Å². The molecule has 1 N–H and O–H groups in total. The first-order valence-electron chi connectivity index (χ1n) is 7.27. The van der Waals surface area contributed by atoms with E-state index in [2.05, 4.69) is 4.72 Å². The zero-order valence-corrected chi connectivity index (χ0v) is 14.6. The SMILES string of the molecule is COc1cccc(OC)c1CNS(=O)(=O)Cc1ccccc1[N+](=O)[O-]. The van der Waals surface area contributed by atoms with E-state index in [4.69, 9.17) is 9.47 Å². The molecule has 0 aliphatic heterocycles. The molecule has 9 heteroatoms. The van der Waals surface area contributed by atoms with Crippen LogP contribution in [0.3, 0.4) is 0 Å². The molecule has 0 spiro atoms. The smallest absolute Gasteiger partial charge is 0.273 e. The Labute approximate surface area is 145 Å². The fourth-order valence-electron chi connectivity index (χ4n) is 2.35. The molecule has 8 nitrogen and oxygen atoms in total. The largest absolute Gasteiger partial charge is 0.496 e. The van der Waals surface area contributed by atoms with Crippen LogP contribution in [0.1, 0.15) is 11.1 Å². The summed E-state index contributed by atoms with van der Waals surface area (Å²) in [7, 11) is -0.860. The maximum absolute atomic E-state index is 12.3. The minimum atomic E-state index is -3.80. The Morgan fingerprint density at radius 2 is 1.64 bits per heavy atom. The molecule has 0 heterocycles. The van der Waals surface area contributed by atoms with Crippen LogP contribution < -0.4 is 14.2 Å². The Morgan fingerprint density at radius 3 is 2.20 bits per heavy atom. The second-order valence-electron chi connectivity index (χ2n) is 5.11. The summed E-state index contributed by atoms with van der Waals surface area (Å²) < 4.78 is 37.5. The molecule has 0 amide bonds. The maximum Gasteiger partial charge on any atom is 0.273 e. The summed E-state index contributed by atoms with van der Waals surface area (Å²) in [6.45, 7) is -0.0594. The van der Waals surface area contributed by atoms with Gasteiger partial charge in [0.1, 0.15) is 11.5 Å². The van der Waals surface area contributed by atoms with Crippen LogP contribution in [0.4, 0.5) is 5.69 Å². The molecule has 2 aromatic carbocycles. The molecular weight excluding hydrogens is 348 g/mol. The van der Waals surface area contributed by atoms with Crippen LogP contribution in [0, 0.1) is 10.1 Å². The molecule has 25 heavy (non-hydrogen) atoms. The average Bonchev–Trinajstić information content (AvgIpc) is 2.59. The number of nitrogens with one attached hydrogen (secondary N) is 1. The Bertz CT molecular complexity index is 844. The molecule has 0 fully saturated rings. The first-order chi connectivity index (χ1) is 11.9. The number of para-hydroxylation sites is 1. The molecule has 0 saturated heterocycles. The molecule has 0 atom stereocenters. The summed E-state index contributed by atoms with van der Waals surface area (Å²) >= 11 is 0. The van der Waals surface area contributed by atoms with Crippen molar-refractivity contribution in [3.8, 4) is 11.5 Å². The summed E-state index contributed by atoms with van der Waals surface area (Å²) in [4.78, 5) is 10.4. The lowest BCUT2D eigenvalue weighted by Gasteiger charge is -2.14. The predicted molar refractivity (Wildman–Crippen MR) is 92.1 cm³/mol. The molecule has 134 valence electrons. The minimum Gasteiger partial charge on any atom is -0.496 e. The van der Waals surface area contributed by atoms with Crippen molar-refractivity contribution in [1.29, 1.82) is 0 Å². The van der Waals surface area contributed by atoms with Crippen molar-refractivity contribution in [3.05, 3.63) is 63.7 Å². The van der Waals surface area contributed by atoms with E-state index in [1.165, 1.54) is 32.4 Å². The molecule has 0 aromatic heterocycles. The van der Waals surface area contributed by atoms with Crippen molar-refractivity contribution in [1.82, 2.24) is 4.72 Å². The van der Waals surface area contributed by atoms with E-state index < -0.39 is 20.7 Å². The lowest BCUT2D eigenvalue weighted by atomic mass is 10.2. The Kier molecular flexibility index (Phi) is 5.94. The highest BCUT2D eigenvalue weighted by Gasteiger charge is 2.20. The van der Waals surface area contributed by atoms with E-state index in [1.54, 1.807) is 24.3 Å². The van der Waals surface area contributed by atoms with Crippen molar-refractivity contribution in [2.24, 2.45) is 0 Å². The van der Waals surface area contributed by atoms with Crippen molar-refractivity contribution < 1.29 is 22.8 Å². The van der Waals surface area contributed by atoms with Gasteiger partial charge in [-0.05, 0) is 12.1 Å². The van der Waals surface area contributed by atoms with Gasteiger partial charge in [0.15, 0.2) is 0 Å². The third-order valence-electron chi connectivity index (χ3n) is 3.53. The van der Waals surface area contributed by atoms with Gasteiger partial charge < -0.3 is 9.47 Å². The van der Waals surface area contributed by atoms with Crippen molar-refractivity contribution >= 4 is 15.7 Å². The van der Waals surface area contributed by atoms with Crippen LogP contribution in [-0.2, 0) is 22.3 Å². The number of methoxy groups -OCH3 is 2. The lowest BCUT2D eigenvalue weighted by Crippen LogP contribution is -2.25. The fourth-order valence-corrected chi connectivity index (χ4v) is 3.47. The van der Waals surface area contributed by atoms with Gasteiger partial charge in [-0.1, -0.05) is 24.3 Å². The Hall–Kier alpha value is -2.65. The number of sulfonamides is 1. The van der Waals surface area contributed by atoms with E-state index >= 15 is 0 Å². The van der Waals surface area contributed by atoms with Crippen LogP contribution in [0.15, 0.2) is 42.5 Å². The quantitative estimate of drug-likeness (QED) is 0.567. The van der Waals surface area contributed by atoms with E-state index in [1.807, 2.05) is 0 Å². The molecular formula is C16H18N2O6S. The minimum absolute atomic E-state index is 0.0594. The van der Waals surface area contributed by atoms with Gasteiger partial charge in [-0.2, -0.15) is 0 Å². The number of hydrogen-bond acceptors (Lipinski definition) is 6. The highest BCUT2D eigenvalue weighted by Crippen LogP contribution is 2.28. The molecule has 0 saturated carbocycles. The second kappa shape index (κ2) is 7.95. The second-order valence-corrected chi connectivity index (χ2v) is 6.91. The summed E-state index contributed by atoms with van der Waals surface area (Å²) in [6.07, 6.45) is 0. The van der Waals surface area contributed by atoms with Crippen LogP contribution in [0.2, 0.25) is 0 Å². The van der Waals surface area contributed by atoms with Gasteiger partial charge in [-0.15, -0.1) is 0 Å². The number of benzene rings is 2. The fraction of sp³-hybridized carbons (Fsp3) is 0.250. The Balaban J connectivity index is 2.20. The molecule has 2 aromatic rings. The highest BCUT2D eigenvalue weighted by atomic mass is 32.2. The highest BCUT2D eigenvalue weighted by molar-refractivity contribution is 7.88. The maximum atomic E-state index is 12.3. The molecule has 0 unspecified atom stereocenters. The summed E-state index contributed by atoms with van der Waals surface area (Å²) in [5, 5.41) is 11.0. The standard InChI is InChI=1S/C16H18N2O6S/c1-23-15-8-5-9-16(24-2)13(15)10-17-25(21,22)11-12-6-3-4-7-14(12)18(19)20/h3-9,17H,10-11H2,1-2H3. The number of ether oxygens (including phenoxy) is 2. The number of hydrogen-bond donors (Lipinski definition) is 1. The van der Waals surface area contributed by atoms with Crippen LogP contribution in [0.5, 0.6) is 11.5 Å². The summed E-state index contributed by atoms with van der Waals surface area (Å²) in [6, 6.07) is 10.8. The third kappa shape index (κ3) is 4.68. The zero-order chi connectivity index (χ0) is 18.4. The van der Waals surface area contributed by atoms with E-state index in [0.717, 1.165) is 0 Å². The first kappa shape index (κ1) is 18.7. The molecule has 0 radical (unpaired) electrons. The average molecular weight is 366 g/mol. The zero-order valence-electron chi connectivity index (χ0n) is 13.8. The van der Waals surface area contributed by atoms with Gasteiger partial charge in [-0.3, -0.25) is 10.1 Å². The van der Waals surface area contributed by atoms with Crippen LogP contribution in [-0.4, -0.2) is 27.6 Å². The van der Waals surface area contributed by atoms with Gasteiger partial charge in [0, 0.05) is 18.2 Å². The van der Waals surface area contributed by atoms with Gasteiger partial charge >= 0.3 is 0 Å². The number of nitrogens with zero attached hydrogens (tertiary/aromatic N) is 1. The van der Waals surface area contributed by atoms with Gasteiger partial charge in [0.05, 0.1) is 30.5 Å². The summed E-state index contributed by atoms with van der Waals surface area (Å²) in [5.74, 6) is 0.460. The molecule has 2 rings (SSSR count). The Morgan fingerprint density at radius 1 is 1.04 bits per heavy atom. The monoisotopic (exact) mass is 366 g/mol. The summed E-state index contributed by atoms with van der Waals surface area (Å²) in [5.41, 5.74) is 0.424. The van der Waals surface area contributed by atoms with Crippen molar-refractivity contribution in [3.63, 3.8) is 0 Å². The predicted octanol–water partition coefficient (Wildman–Crippen LogP) is 2.23. The van der Waals surface area contributed by atoms with E-state index in [-0.39, 0.29) is 17.8 Å². The molecule has 0 aliphatic carbocycles. The normalized spacial score (nSPS) is 11.1. The van der Waals surface area contributed by atoms with Crippen LogP contribution in [0.25, 0.3) is 0 Å². The van der Waals surface area contributed by atoms with Crippen molar-refractivity contribution in [2.75, 3.05) is 14.2 Å². The van der Waals surface area contributed by atoms with E-state index in [9.17, 15) is 18.5 Å². The third-order valence-corrected chi connectivity index (χ3v) is 4.81. The molecule has 0 bridgehead atoms. The number of rotatable bonds is 8. The van der Waals surface area contributed by atoms with Crippen molar-refractivity contribution in [2.45, 2.75) is 12.3 Å². The van der Waals surface area contributed by atoms with Gasteiger partial charge in [0.2, 0.25) is 10.0 Å². The topological polar surface area (TPSA) is 108 Å². The first-order valence-corrected chi connectivity index (χ1v) is 8.92. The number of nitro groups is 1. The van der Waals surface area contributed by atoms with E-state index in [0.29, 0.717) is 17.1 Å². The lowest BCUT2D eigenvalue weighted by molar-refractivity contribution is -0.385. The van der Waals surface area contributed by atoms with Gasteiger partial charge in [0.25, 0.3) is 5.69 Å². The molecule has 0 aliphatic rings. The van der Waals surface area contributed by atoms with Crippen LogP contribution >= 0.6 is 0 Å². The number of nitro benzene ring substituents is 1.